The lowest BCUT2D eigenvalue weighted by Crippen LogP contribution is -1.92. The summed E-state index contributed by atoms with van der Waals surface area (Å²) in [6.07, 6.45) is 11.1. The Morgan fingerprint density at radius 3 is 3.25 bits per heavy atom. The van der Waals surface area contributed by atoms with Crippen LogP contribution < -0.4 is 0 Å². The zero-order valence-corrected chi connectivity index (χ0v) is 7.51. The number of hydrogen-bond acceptors (Lipinski definition) is 0. The van der Waals surface area contributed by atoms with Crippen LogP contribution in [-0.2, 0) is 0 Å². The molecule has 3 rings (SSSR count). The van der Waals surface area contributed by atoms with Crippen LogP contribution in [0.4, 0.5) is 0 Å². The Morgan fingerprint density at radius 2 is 2.42 bits per heavy atom. The molecule has 62 valence electrons. The van der Waals surface area contributed by atoms with Crippen LogP contribution in [0.5, 0.6) is 0 Å². The Hall–Kier alpha value is -0.780. The molecule has 0 heterocycles. The van der Waals surface area contributed by atoms with Crippen molar-refractivity contribution < 1.29 is 0 Å². The number of hydrogen-bond donors (Lipinski definition) is 0. The maximum absolute atomic E-state index is 2.40. The molecule has 2 unspecified atom stereocenters. The molecule has 3 aliphatic carbocycles. The highest BCUT2D eigenvalue weighted by molar-refractivity contribution is 5.51. The highest BCUT2D eigenvalue weighted by Crippen LogP contribution is 2.53. The molecule has 2 atom stereocenters. The minimum absolute atomic E-state index is 0.924. The van der Waals surface area contributed by atoms with Gasteiger partial charge in [0.1, 0.15) is 0 Å². The molecule has 0 aromatic carbocycles. The van der Waals surface area contributed by atoms with Crippen LogP contribution in [-0.4, -0.2) is 0 Å². The molecule has 0 saturated heterocycles. The van der Waals surface area contributed by atoms with Crippen molar-refractivity contribution in [2.75, 3.05) is 0 Å². The monoisotopic (exact) mass is 158 g/mol. The van der Waals surface area contributed by atoms with E-state index in [1.165, 1.54) is 19.3 Å². The lowest BCUT2D eigenvalue weighted by molar-refractivity contribution is 0.853. The fourth-order valence-electron chi connectivity index (χ4n) is 2.49. The van der Waals surface area contributed by atoms with Gasteiger partial charge in [-0.25, -0.2) is 0 Å². The second-order valence-electron chi connectivity index (χ2n) is 4.18. The van der Waals surface area contributed by atoms with Gasteiger partial charge in [-0.15, -0.1) is 0 Å². The molecule has 0 amide bonds. The number of fused-ring (bicyclic) bond motifs is 2. The highest BCUT2D eigenvalue weighted by atomic mass is 14.5. The van der Waals surface area contributed by atoms with Gasteiger partial charge in [0.25, 0.3) is 0 Å². The first-order valence-electron chi connectivity index (χ1n) is 4.99. The molecule has 0 heteroatoms. The molecule has 12 heavy (non-hydrogen) atoms. The first kappa shape index (κ1) is 6.71. The average molecular weight is 158 g/mol. The minimum Gasteiger partial charge on any atom is -0.0802 e. The first-order chi connectivity index (χ1) is 5.88. The predicted molar refractivity (Wildman–Crippen MR) is 50.8 cm³/mol. The molecular formula is C12H14. The molecule has 3 aliphatic rings. The molecular weight excluding hydrogens is 144 g/mol. The lowest BCUT2D eigenvalue weighted by Gasteiger charge is -2.06. The lowest BCUT2D eigenvalue weighted by atomic mass is 9.98. The summed E-state index contributed by atoms with van der Waals surface area (Å²) in [4.78, 5) is 0. The summed E-state index contributed by atoms with van der Waals surface area (Å²) in [6, 6.07) is 0. The van der Waals surface area contributed by atoms with Crippen molar-refractivity contribution in [1.82, 2.24) is 0 Å². The molecule has 0 aliphatic heterocycles. The normalized spacial score (nSPS) is 36.2. The first-order valence-corrected chi connectivity index (χ1v) is 4.99. The zero-order valence-electron chi connectivity index (χ0n) is 7.51. The Balaban J connectivity index is 1.95. The van der Waals surface area contributed by atoms with Crippen molar-refractivity contribution in [3.05, 3.63) is 34.9 Å². The summed E-state index contributed by atoms with van der Waals surface area (Å²) in [5.74, 6) is 1.87. The van der Waals surface area contributed by atoms with Crippen molar-refractivity contribution in [1.29, 1.82) is 0 Å². The average Bonchev–Trinajstić information content (AvgIpc) is 2.77. The number of rotatable bonds is 1. The molecule has 0 spiro atoms. The van der Waals surface area contributed by atoms with Crippen LogP contribution in [0, 0.1) is 11.8 Å². The summed E-state index contributed by atoms with van der Waals surface area (Å²) in [5.41, 5.74) is 4.93. The van der Waals surface area contributed by atoms with E-state index < -0.39 is 0 Å². The molecule has 0 radical (unpaired) electrons. The van der Waals surface area contributed by atoms with Crippen LogP contribution in [0.2, 0.25) is 0 Å². The smallest absolute Gasteiger partial charge is 0.00932 e. The summed E-state index contributed by atoms with van der Waals surface area (Å²) >= 11 is 0. The molecule has 0 aromatic heterocycles. The van der Waals surface area contributed by atoms with Gasteiger partial charge in [-0.3, -0.25) is 0 Å². The topological polar surface area (TPSA) is 0 Å². The van der Waals surface area contributed by atoms with Gasteiger partial charge in [-0.1, -0.05) is 36.3 Å². The standard InChI is InChI=1S/C12H14/c1-2-8-5-9-3-4-10-7-12(10)11(9)6-8/h3-5,10,12H,2,6-7H2,1H3. The second-order valence-corrected chi connectivity index (χ2v) is 4.18. The molecule has 0 bridgehead atoms. The van der Waals surface area contributed by atoms with Crippen molar-refractivity contribution in [3.63, 3.8) is 0 Å². The van der Waals surface area contributed by atoms with E-state index in [4.69, 9.17) is 0 Å². The molecule has 1 saturated carbocycles. The van der Waals surface area contributed by atoms with Crippen LogP contribution in [0.3, 0.4) is 0 Å². The molecule has 0 aromatic rings. The van der Waals surface area contributed by atoms with Gasteiger partial charge >= 0.3 is 0 Å². The third-order valence-electron chi connectivity index (χ3n) is 3.41. The van der Waals surface area contributed by atoms with E-state index in [-0.39, 0.29) is 0 Å². The predicted octanol–water partition coefficient (Wildman–Crippen LogP) is 3.23. The summed E-state index contributed by atoms with van der Waals surface area (Å²) in [5, 5.41) is 0. The van der Waals surface area contributed by atoms with E-state index in [0.717, 1.165) is 11.8 Å². The van der Waals surface area contributed by atoms with Crippen LogP contribution >= 0.6 is 0 Å². The summed E-state index contributed by atoms with van der Waals surface area (Å²) in [6.45, 7) is 2.26. The highest BCUT2D eigenvalue weighted by Gasteiger charge is 2.41. The zero-order chi connectivity index (χ0) is 8.13. The van der Waals surface area contributed by atoms with Gasteiger partial charge in [0.15, 0.2) is 0 Å². The van der Waals surface area contributed by atoms with E-state index in [1.807, 2.05) is 0 Å². The maximum atomic E-state index is 2.40. The maximum Gasteiger partial charge on any atom is -0.00932 e. The van der Waals surface area contributed by atoms with Gasteiger partial charge in [0.2, 0.25) is 0 Å². The van der Waals surface area contributed by atoms with E-state index in [2.05, 4.69) is 25.2 Å². The van der Waals surface area contributed by atoms with E-state index in [0.29, 0.717) is 0 Å². The van der Waals surface area contributed by atoms with E-state index in [1.54, 1.807) is 16.7 Å². The Bertz CT molecular complexity index is 315. The van der Waals surface area contributed by atoms with E-state index in [9.17, 15) is 0 Å². The number of allylic oxidation sites excluding steroid dienone is 6. The van der Waals surface area contributed by atoms with Crippen LogP contribution in [0.25, 0.3) is 0 Å². The van der Waals surface area contributed by atoms with Crippen molar-refractivity contribution in [2.24, 2.45) is 11.8 Å². The minimum atomic E-state index is 0.924. The Labute approximate surface area is 73.7 Å². The van der Waals surface area contributed by atoms with Crippen LogP contribution in [0.15, 0.2) is 34.9 Å². The third kappa shape index (κ3) is 0.782. The summed E-state index contributed by atoms with van der Waals surface area (Å²) < 4.78 is 0. The van der Waals surface area contributed by atoms with Crippen molar-refractivity contribution in [2.45, 2.75) is 26.2 Å². The quantitative estimate of drug-likeness (QED) is 0.549. The van der Waals surface area contributed by atoms with Gasteiger partial charge in [0.05, 0.1) is 0 Å². The van der Waals surface area contributed by atoms with Gasteiger partial charge < -0.3 is 0 Å². The largest absolute Gasteiger partial charge is 0.0802 e. The summed E-state index contributed by atoms with van der Waals surface area (Å²) in [7, 11) is 0. The van der Waals surface area contributed by atoms with Crippen molar-refractivity contribution in [3.8, 4) is 0 Å². The van der Waals surface area contributed by atoms with Crippen LogP contribution in [0.1, 0.15) is 26.2 Å². The Kier molecular flexibility index (Phi) is 1.19. The van der Waals surface area contributed by atoms with E-state index >= 15 is 0 Å². The second kappa shape index (κ2) is 2.12. The van der Waals surface area contributed by atoms with Gasteiger partial charge in [0, 0.05) is 0 Å². The van der Waals surface area contributed by atoms with Gasteiger partial charge in [-0.2, -0.15) is 0 Å². The third-order valence-corrected chi connectivity index (χ3v) is 3.41. The Morgan fingerprint density at radius 1 is 1.50 bits per heavy atom. The van der Waals surface area contributed by atoms with Gasteiger partial charge in [-0.05, 0) is 36.7 Å². The molecule has 0 nitrogen and oxygen atoms in total. The molecule has 1 fully saturated rings. The fourth-order valence-corrected chi connectivity index (χ4v) is 2.49. The van der Waals surface area contributed by atoms with Crippen molar-refractivity contribution >= 4 is 0 Å². The fraction of sp³-hybridized carbons (Fsp3) is 0.500. The SMILES string of the molecule is CCC1=CC2=C(C1)C1CC1C=C2. The molecule has 0 N–H and O–H groups in total.